The molecule has 0 atom stereocenters. The summed E-state index contributed by atoms with van der Waals surface area (Å²) in [5, 5.41) is 3.53. The highest BCUT2D eigenvalue weighted by Gasteiger charge is 2.18. The summed E-state index contributed by atoms with van der Waals surface area (Å²) in [7, 11) is 0. The molecular weight excluding hydrogens is 480 g/mol. The Hall–Kier alpha value is -5.42. The van der Waals surface area contributed by atoms with Crippen molar-refractivity contribution in [3.8, 4) is 34.2 Å². The SMILES string of the molecule is O=c1c2ccccc2n2c3ccc(-c4nc(-c5ccccc5)nc(-c5ccccc5)n4)cc3c3cccc1c32. The first-order chi connectivity index (χ1) is 19.3. The summed E-state index contributed by atoms with van der Waals surface area (Å²) in [6, 6.07) is 40.0. The summed E-state index contributed by atoms with van der Waals surface area (Å²) in [5.41, 5.74) is 5.71. The Labute approximate surface area is 223 Å². The maximum Gasteiger partial charge on any atom is 0.197 e. The largest absolute Gasteiger partial charge is 0.308 e. The highest BCUT2D eigenvalue weighted by Crippen LogP contribution is 2.36. The van der Waals surface area contributed by atoms with E-state index in [2.05, 4.69) is 28.7 Å². The molecule has 0 aliphatic carbocycles. The van der Waals surface area contributed by atoms with Gasteiger partial charge >= 0.3 is 0 Å². The fourth-order valence-corrected chi connectivity index (χ4v) is 5.58. The van der Waals surface area contributed by atoms with Crippen LogP contribution in [0.1, 0.15) is 0 Å². The van der Waals surface area contributed by atoms with Gasteiger partial charge < -0.3 is 4.40 Å². The number of fused-ring (bicyclic) bond motifs is 5. The Kier molecular flexibility index (Phi) is 4.60. The van der Waals surface area contributed by atoms with Gasteiger partial charge in [-0.05, 0) is 36.4 Å². The zero-order valence-electron chi connectivity index (χ0n) is 20.7. The summed E-state index contributed by atoms with van der Waals surface area (Å²) in [6.45, 7) is 0. The number of hydrogen-bond acceptors (Lipinski definition) is 4. The molecule has 0 aliphatic heterocycles. The predicted molar refractivity (Wildman–Crippen MR) is 157 cm³/mol. The third-order valence-corrected chi connectivity index (χ3v) is 7.38. The average molecular weight is 501 g/mol. The van der Waals surface area contributed by atoms with Crippen LogP contribution in [0.5, 0.6) is 0 Å². The lowest BCUT2D eigenvalue weighted by molar-refractivity contribution is 1.07. The Morgan fingerprint density at radius 2 is 0.974 bits per heavy atom. The van der Waals surface area contributed by atoms with Crippen LogP contribution in [0, 0.1) is 0 Å². The van der Waals surface area contributed by atoms with Gasteiger partial charge in [0.1, 0.15) is 0 Å². The van der Waals surface area contributed by atoms with Crippen molar-refractivity contribution in [1.29, 1.82) is 0 Å². The minimum Gasteiger partial charge on any atom is -0.308 e. The van der Waals surface area contributed by atoms with Crippen LogP contribution in [0.3, 0.4) is 0 Å². The molecule has 0 unspecified atom stereocenters. The molecule has 0 fully saturated rings. The van der Waals surface area contributed by atoms with E-state index < -0.39 is 0 Å². The molecule has 0 radical (unpaired) electrons. The van der Waals surface area contributed by atoms with Crippen molar-refractivity contribution in [3.05, 3.63) is 132 Å². The van der Waals surface area contributed by atoms with Gasteiger partial charge in [-0.25, -0.2) is 15.0 Å². The van der Waals surface area contributed by atoms with E-state index in [0.717, 1.165) is 54.8 Å². The van der Waals surface area contributed by atoms with E-state index in [4.69, 9.17) is 15.0 Å². The van der Waals surface area contributed by atoms with Crippen molar-refractivity contribution in [2.45, 2.75) is 0 Å². The normalized spacial score (nSPS) is 11.7. The molecular formula is C34H20N4O. The average Bonchev–Trinajstić information content (AvgIpc) is 3.35. The summed E-state index contributed by atoms with van der Waals surface area (Å²) in [5.74, 6) is 1.86. The van der Waals surface area contributed by atoms with Gasteiger partial charge in [-0.2, -0.15) is 0 Å². The Morgan fingerprint density at radius 1 is 0.436 bits per heavy atom. The van der Waals surface area contributed by atoms with Crippen molar-refractivity contribution in [2.24, 2.45) is 0 Å². The lowest BCUT2D eigenvalue weighted by Gasteiger charge is -2.09. The first kappa shape index (κ1) is 21.6. The number of aromatic nitrogens is 4. The van der Waals surface area contributed by atoms with Gasteiger partial charge in [-0.15, -0.1) is 0 Å². The molecule has 0 spiro atoms. The first-order valence-corrected chi connectivity index (χ1v) is 12.8. The summed E-state index contributed by atoms with van der Waals surface area (Å²) < 4.78 is 2.21. The molecule has 8 aromatic rings. The van der Waals surface area contributed by atoms with Crippen LogP contribution in [0.4, 0.5) is 0 Å². The van der Waals surface area contributed by atoms with E-state index >= 15 is 0 Å². The quantitative estimate of drug-likeness (QED) is 0.237. The van der Waals surface area contributed by atoms with Gasteiger partial charge in [0.15, 0.2) is 22.9 Å². The van der Waals surface area contributed by atoms with Crippen molar-refractivity contribution in [3.63, 3.8) is 0 Å². The number of pyridine rings is 1. The lowest BCUT2D eigenvalue weighted by atomic mass is 10.1. The molecule has 0 amide bonds. The summed E-state index contributed by atoms with van der Waals surface area (Å²) >= 11 is 0. The predicted octanol–water partition coefficient (Wildman–Crippen LogP) is 7.38. The Balaban J connectivity index is 1.43. The van der Waals surface area contributed by atoms with Gasteiger partial charge in [0, 0.05) is 38.2 Å². The highest BCUT2D eigenvalue weighted by atomic mass is 16.1. The topological polar surface area (TPSA) is 60.2 Å². The van der Waals surface area contributed by atoms with Gasteiger partial charge in [0.25, 0.3) is 0 Å². The molecule has 0 aliphatic rings. The number of para-hydroxylation sites is 2. The van der Waals surface area contributed by atoms with Crippen LogP contribution in [-0.4, -0.2) is 19.4 Å². The molecule has 5 aromatic carbocycles. The monoisotopic (exact) mass is 500 g/mol. The third kappa shape index (κ3) is 3.27. The van der Waals surface area contributed by atoms with E-state index in [-0.39, 0.29) is 5.43 Å². The molecule has 3 heterocycles. The third-order valence-electron chi connectivity index (χ3n) is 7.38. The molecule has 0 saturated carbocycles. The van der Waals surface area contributed by atoms with Crippen molar-refractivity contribution in [2.75, 3.05) is 0 Å². The van der Waals surface area contributed by atoms with Gasteiger partial charge in [0.2, 0.25) is 0 Å². The summed E-state index contributed by atoms with van der Waals surface area (Å²) in [4.78, 5) is 28.0. The number of rotatable bonds is 3. The highest BCUT2D eigenvalue weighted by molar-refractivity contribution is 6.17. The van der Waals surface area contributed by atoms with Crippen LogP contribution < -0.4 is 5.43 Å². The zero-order chi connectivity index (χ0) is 25.9. The molecule has 39 heavy (non-hydrogen) atoms. The zero-order valence-corrected chi connectivity index (χ0v) is 20.7. The fraction of sp³-hybridized carbons (Fsp3) is 0. The molecule has 182 valence electrons. The van der Waals surface area contributed by atoms with Crippen LogP contribution in [0.15, 0.2) is 126 Å². The molecule has 5 nitrogen and oxygen atoms in total. The van der Waals surface area contributed by atoms with Gasteiger partial charge in [-0.3, -0.25) is 4.79 Å². The number of hydrogen-bond donors (Lipinski definition) is 0. The Bertz CT molecular complexity index is 2180. The molecule has 0 saturated heterocycles. The second-order valence-corrected chi connectivity index (χ2v) is 9.65. The van der Waals surface area contributed by atoms with Crippen LogP contribution in [0.25, 0.3) is 72.3 Å². The van der Waals surface area contributed by atoms with Crippen molar-refractivity contribution >= 4 is 38.1 Å². The maximum atomic E-state index is 13.4. The lowest BCUT2D eigenvalue weighted by Crippen LogP contribution is -2.05. The van der Waals surface area contributed by atoms with Crippen LogP contribution >= 0.6 is 0 Å². The molecule has 8 rings (SSSR count). The standard InChI is InChI=1S/C34H20N4O/c39-31-25-14-7-8-17-28(25)38-29-19-18-23(20-27(29)24-15-9-16-26(31)30(24)38)34-36-32(21-10-3-1-4-11-21)35-33(37-34)22-12-5-2-6-13-22/h1-20H. The number of benzene rings is 5. The molecule has 3 aromatic heterocycles. The smallest absolute Gasteiger partial charge is 0.197 e. The fourth-order valence-electron chi connectivity index (χ4n) is 5.58. The van der Waals surface area contributed by atoms with E-state index in [9.17, 15) is 4.79 Å². The van der Waals surface area contributed by atoms with E-state index in [0.29, 0.717) is 17.5 Å². The van der Waals surface area contributed by atoms with Crippen LogP contribution in [-0.2, 0) is 0 Å². The van der Waals surface area contributed by atoms with E-state index in [1.807, 2.05) is 97.1 Å². The van der Waals surface area contributed by atoms with E-state index in [1.165, 1.54) is 0 Å². The first-order valence-electron chi connectivity index (χ1n) is 12.8. The van der Waals surface area contributed by atoms with Crippen LogP contribution in [0.2, 0.25) is 0 Å². The van der Waals surface area contributed by atoms with Crippen molar-refractivity contribution in [1.82, 2.24) is 19.4 Å². The minimum atomic E-state index is 0.0594. The van der Waals surface area contributed by atoms with E-state index in [1.54, 1.807) is 0 Å². The van der Waals surface area contributed by atoms with Gasteiger partial charge in [0.05, 0.1) is 16.6 Å². The second-order valence-electron chi connectivity index (χ2n) is 9.65. The maximum absolute atomic E-state index is 13.4. The minimum absolute atomic E-state index is 0.0594. The number of nitrogens with zero attached hydrogens (tertiary/aromatic N) is 4. The molecule has 0 bridgehead atoms. The Morgan fingerprint density at radius 3 is 1.67 bits per heavy atom. The summed E-state index contributed by atoms with van der Waals surface area (Å²) in [6.07, 6.45) is 0. The molecule has 5 heteroatoms. The molecule has 0 N–H and O–H groups in total. The van der Waals surface area contributed by atoms with Gasteiger partial charge in [-0.1, -0.05) is 84.9 Å². The van der Waals surface area contributed by atoms with Crippen molar-refractivity contribution < 1.29 is 0 Å². The second kappa shape index (κ2) is 8.30.